The third kappa shape index (κ3) is 7.89. The van der Waals surface area contributed by atoms with Gasteiger partial charge in [-0.3, -0.25) is 13.9 Å². The summed E-state index contributed by atoms with van der Waals surface area (Å²) < 4.78 is 26.2. The Hall–Kier alpha value is -1.71. The maximum atomic E-state index is 13.7. The fourth-order valence-corrected chi connectivity index (χ4v) is 5.23. The van der Waals surface area contributed by atoms with Gasteiger partial charge in [0, 0.05) is 33.2 Å². The molecule has 2 rings (SSSR count). The molecule has 12 heteroatoms. The molecule has 0 saturated carbocycles. The van der Waals surface area contributed by atoms with Crippen molar-refractivity contribution in [2.24, 2.45) is 0 Å². The van der Waals surface area contributed by atoms with Gasteiger partial charge in [-0.25, -0.2) is 8.42 Å². The highest BCUT2D eigenvalue weighted by Crippen LogP contribution is 2.31. The number of carbonyl (C=O) groups is 2. The van der Waals surface area contributed by atoms with E-state index in [2.05, 4.69) is 5.32 Å². The van der Waals surface area contributed by atoms with Crippen molar-refractivity contribution in [3.63, 3.8) is 0 Å². The van der Waals surface area contributed by atoms with E-state index in [0.717, 1.165) is 10.6 Å². The second-order valence-electron chi connectivity index (χ2n) is 8.17. The summed E-state index contributed by atoms with van der Waals surface area (Å²) in [6, 6.07) is 8.12. The third-order valence-corrected chi connectivity index (χ3v) is 7.45. The molecule has 0 fully saturated rings. The molecule has 0 spiro atoms. The van der Waals surface area contributed by atoms with Gasteiger partial charge >= 0.3 is 0 Å². The Morgan fingerprint density at radius 2 is 1.60 bits per heavy atom. The van der Waals surface area contributed by atoms with Crippen molar-refractivity contribution in [3.8, 4) is 0 Å². The summed E-state index contributed by atoms with van der Waals surface area (Å²) in [6.07, 6.45) is 1.22. The van der Waals surface area contributed by atoms with Gasteiger partial charge in [-0.15, -0.1) is 0 Å². The molecule has 0 radical (unpaired) electrons. The molecule has 192 valence electrons. The molecule has 0 aliphatic rings. The lowest BCUT2D eigenvalue weighted by atomic mass is 10.1. The number of carbonyl (C=O) groups excluding carboxylic acids is 2. The lowest BCUT2D eigenvalue weighted by Crippen LogP contribution is -2.53. The number of halogens is 4. The van der Waals surface area contributed by atoms with Crippen LogP contribution in [0, 0.1) is 0 Å². The Kier molecular flexibility index (Phi) is 10.5. The zero-order valence-electron chi connectivity index (χ0n) is 19.7. The zero-order valence-corrected chi connectivity index (χ0v) is 23.5. The number of nitrogens with zero attached hydrogens (tertiary/aromatic N) is 2. The maximum Gasteiger partial charge on any atom is 0.244 e. The Bertz CT molecular complexity index is 1170. The highest BCUT2D eigenvalue weighted by molar-refractivity contribution is 7.92. The first-order chi connectivity index (χ1) is 16.3. The van der Waals surface area contributed by atoms with Gasteiger partial charge in [0.1, 0.15) is 12.6 Å². The van der Waals surface area contributed by atoms with Crippen LogP contribution in [0.15, 0.2) is 36.4 Å². The summed E-state index contributed by atoms with van der Waals surface area (Å²) in [4.78, 5) is 27.9. The molecule has 2 amide bonds. The van der Waals surface area contributed by atoms with E-state index in [1.807, 2.05) is 0 Å². The Labute approximate surface area is 226 Å². The summed E-state index contributed by atoms with van der Waals surface area (Å²) in [6.45, 7) is 4.62. The van der Waals surface area contributed by atoms with Crippen LogP contribution in [0.1, 0.15) is 32.8 Å². The highest BCUT2D eigenvalue weighted by atomic mass is 35.5. The van der Waals surface area contributed by atoms with Crippen molar-refractivity contribution in [3.05, 3.63) is 62.1 Å². The van der Waals surface area contributed by atoms with Crippen LogP contribution < -0.4 is 9.62 Å². The second kappa shape index (κ2) is 12.5. The van der Waals surface area contributed by atoms with E-state index in [9.17, 15) is 18.0 Å². The molecule has 0 aliphatic carbocycles. The molecule has 0 unspecified atom stereocenters. The average Bonchev–Trinajstić information content (AvgIpc) is 2.74. The normalized spacial score (nSPS) is 12.4. The molecule has 2 aromatic rings. The van der Waals surface area contributed by atoms with Crippen LogP contribution in [0.4, 0.5) is 5.69 Å². The van der Waals surface area contributed by atoms with Gasteiger partial charge in [0.15, 0.2) is 0 Å². The molecule has 0 bridgehead atoms. The monoisotopic (exact) mass is 581 g/mol. The number of sulfonamides is 1. The topological polar surface area (TPSA) is 86.8 Å². The average molecular weight is 583 g/mol. The van der Waals surface area contributed by atoms with Crippen molar-refractivity contribution in [1.82, 2.24) is 10.2 Å². The minimum Gasteiger partial charge on any atom is -0.352 e. The SMILES string of the molecule is CC[C@H](C(=O)NC(C)C)N(Cc1c(Cl)cccc1Cl)C(=O)CN(c1cc(Cl)ccc1Cl)S(C)(=O)=O. The molecule has 1 atom stereocenters. The first kappa shape index (κ1) is 29.5. The number of amides is 2. The van der Waals surface area contributed by atoms with Crippen LogP contribution in [-0.2, 0) is 26.2 Å². The summed E-state index contributed by atoms with van der Waals surface area (Å²) in [5.74, 6) is -1.03. The van der Waals surface area contributed by atoms with Crippen molar-refractivity contribution in [2.45, 2.75) is 45.8 Å². The van der Waals surface area contributed by atoms with E-state index in [1.165, 1.54) is 23.1 Å². The van der Waals surface area contributed by atoms with Crippen LogP contribution in [0.25, 0.3) is 0 Å². The smallest absolute Gasteiger partial charge is 0.244 e. The predicted molar refractivity (Wildman–Crippen MR) is 143 cm³/mol. The molecular weight excluding hydrogens is 556 g/mol. The Morgan fingerprint density at radius 1 is 1.00 bits per heavy atom. The van der Waals surface area contributed by atoms with Crippen molar-refractivity contribution in [2.75, 3.05) is 17.1 Å². The summed E-state index contributed by atoms with van der Waals surface area (Å²) in [7, 11) is -3.96. The van der Waals surface area contributed by atoms with Crippen LogP contribution in [0.2, 0.25) is 20.1 Å². The molecule has 0 aromatic heterocycles. The van der Waals surface area contributed by atoms with Gasteiger partial charge in [0.25, 0.3) is 0 Å². The molecule has 35 heavy (non-hydrogen) atoms. The van der Waals surface area contributed by atoms with E-state index >= 15 is 0 Å². The van der Waals surface area contributed by atoms with Gasteiger partial charge in [-0.2, -0.15) is 0 Å². The van der Waals surface area contributed by atoms with E-state index in [1.54, 1.807) is 39.0 Å². The fraction of sp³-hybridized carbons (Fsp3) is 0.391. The molecule has 0 aliphatic heterocycles. The number of hydrogen-bond donors (Lipinski definition) is 1. The Balaban J connectivity index is 2.55. The van der Waals surface area contributed by atoms with Crippen molar-refractivity contribution < 1.29 is 18.0 Å². The first-order valence-corrected chi connectivity index (χ1v) is 14.1. The molecule has 2 aromatic carbocycles. The molecule has 0 saturated heterocycles. The number of benzene rings is 2. The van der Waals surface area contributed by atoms with Crippen LogP contribution in [-0.4, -0.2) is 50.0 Å². The van der Waals surface area contributed by atoms with E-state index in [-0.39, 0.29) is 40.6 Å². The van der Waals surface area contributed by atoms with Crippen molar-refractivity contribution in [1.29, 1.82) is 0 Å². The quantitative estimate of drug-likeness (QED) is 0.406. The second-order valence-corrected chi connectivity index (χ2v) is 11.7. The van der Waals surface area contributed by atoms with E-state index in [0.29, 0.717) is 15.6 Å². The maximum absolute atomic E-state index is 13.7. The minimum absolute atomic E-state index is 0.0467. The first-order valence-electron chi connectivity index (χ1n) is 10.7. The fourth-order valence-electron chi connectivity index (χ4n) is 3.43. The summed E-state index contributed by atoms with van der Waals surface area (Å²) in [5.41, 5.74) is 0.483. The Morgan fingerprint density at radius 3 is 2.11 bits per heavy atom. The van der Waals surface area contributed by atoms with Gasteiger partial charge in [-0.1, -0.05) is 59.4 Å². The number of nitrogens with one attached hydrogen (secondary N) is 1. The van der Waals surface area contributed by atoms with Crippen LogP contribution in [0.3, 0.4) is 0 Å². The van der Waals surface area contributed by atoms with Crippen LogP contribution >= 0.6 is 46.4 Å². The minimum atomic E-state index is -3.96. The molecular formula is C23H27Cl4N3O4S. The summed E-state index contributed by atoms with van der Waals surface area (Å²) >= 11 is 25.0. The largest absolute Gasteiger partial charge is 0.352 e. The molecule has 0 heterocycles. The van der Waals surface area contributed by atoms with Gasteiger partial charge < -0.3 is 10.2 Å². The molecule has 1 N–H and O–H groups in total. The molecule has 7 nitrogen and oxygen atoms in total. The number of hydrogen-bond acceptors (Lipinski definition) is 4. The summed E-state index contributed by atoms with van der Waals surface area (Å²) in [5, 5.41) is 3.77. The van der Waals surface area contributed by atoms with Crippen LogP contribution in [0.5, 0.6) is 0 Å². The third-order valence-electron chi connectivity index (χ3n) is 5.06. The van der Waals surface area contributed by atoms with Gasteiger partial charge in [-0.05, 0) is 50.6 Å². The van der Waals surface area contributed by atoms with Gasteiger partial charge in [0.2, 0.25) is 21.8 Å². The standard InChI is InChI=1S/C23H27Cl4N3O4S/c1-5-20(23(32)28-14(2)3)29(12-16-17(25)7-6-8-18(16)26)22(31)13-30(35(4,33)34)21-11-15(24)9-10-19(21)27/h6-11,14,20H,5,12-13H2,1-4H3,(H,28,32)/t20-/m1/s1. The van der Waals surface area contributed by atoms with Gasteiger partial charge in [0.05, 0.1) is 17.0 Å². The van der Waals surface area contributed by atoms with E-state index in [4.69, 9.17) is 46.4 Å². The van der Waals surface area contributed by atoms with Crippen molar-refractivity contribution >= 4 is 73.9 Å². The zero-order chi connectivity index (χ0) is 26.5. The number of rotatable bonds is 10. The lowest BCUT2D eigenvalue weighted by molar-refractivity contribution is -0.140. The highest BCUT2D eigenvalue weighted by Gasteiger charge is 2.33. The van der Waals surface area contributed by atoms with E-state index < -0.39 is 28.5 Å². The predicted octanol–water partition coefficient (Wildman–Crippen LogP) is 5.40. The lowest BCUT2D eigenvalue weighted by Gasteiger charge is -2.33. The number of anilines is 1.